The van der Waals surface area contributed by atoms with Crippen molar-refractivity contribution < 1.29 is 22.7 Å². The van der Waals surface area contributed by atoms with Crippen LogP contribution in [0.3, 0.4) is 0 Å². The molecule has 1 N–H and O–H groups in total. The lowest BCUT2D eigenvalue weighted by atomic mass is 9.86. The Labute approximate surface area is 253 Å². The molecule has 1 aromatic carbocycles. The van der Waals surface area contributed by atoms with Gasteiger partial charge in [0.25, 0.3) is 0 Å². The van der Waals surface area contributed by atoms with Gasteiger partial charge in [-0.2, -0.15) is 4.31 Å². The van der Waals surface area contributed by atoms with E-state index in [1.807, 2.05) is 14.0 Å². The molecule has 2 unspecified atom stereocenters. The van der Waals surface area contributed by atoms with Gasteiger partial charge in [-0.25, -0.2) is 8.42 Å². The molecule has 238 valence electrons. The van der Waals surface area contributed by atoms with Crippen molar-refractivity contribution >= 4 is 21.8 Å². The number of likely N-dealkylation sites (N-methyl/N-ethyl adjacent to an activating group) is 2. The van der Waals surface area contributed by atoms with E-state index in [0.29, 0.717) is 29.3 Å². The van der Waals surface area contributed by atoms with Gasteiger partial charge >= 0.3 is 0 Å². The molecule has 1 aliphatic carbocycles. The van der Waals surface area contributed by atoms with E-state index in [2.05, 4.69) is 29.2 Å². The zero-order valence-electron chi connectivity index (χ0n) is 26.8. The summed E-state index contributed by atoms with van der Waals surface area (Å²) in [6.45, 7) is 6.50. The highest BCUT2D eigenvalue weighted by atomic mass is 32.2. The number of amides is 2. The second-order valence-electron chi connectivity index (χ2n) is 12.4. The minimum absolute atomic E-state index is 0.146. The van der Waals surface area contributed by atoms with E-state index in [4.69, 9.17) is 4.74 Å². The fourth-order valence-electron chi connectivity index (χ4n) is 6.43. The van der Waals surface area contributed by atoms with Crippen molar-refractivity contribution in [2.24, 2.45) is 5.92 Å². The SMILES string of the molecule is CCc1cc(OC)cc(C)c1S(=O)(=O)N(C)CC(=O)NCC(=O)N(C)C1CCCC(N2CCC(CCN(C)C)CC2)C1. The molecule has 2 fully saturated rings. The van der Waals surface area contributed by atoms with Gasteiger partial charge in [-0.3, -0.25) is 9.59 Å². The number of methoxy groups -OCH3 is 1. The maximum atomic E-state index is 13.4. The van der Waals surface area contributed by atoms with Crippen LogP contribution in [-0.2, 0) is 26.0 Å². The van der Waals surface area contributed by atoms with Crippen LogP contribution in [0.15, 0.2) is 17.0 Å². The molecule has 1 heterocycles. The van der Waals surface area contributed by atoms with Crippen LogP contribution in [0.25, 0.3) is 0 Å². The monoisotopic (exact) mass is 607 g/mol. The molecule has 0 radical (unpaired) electrons. The van der Waals surface area contributed by atoms with Crippen LogP contribution < -0.4 is 10.1 Å². The molecule has 2 amide bonds. The van der Waals surface area contributed by atoms with Crippen molar-refractivity contribution in [1.29, 1.82) is 0 Å². The predicted molar refractivity (Wildman–Crippen MR) is 166 cm³/mol. The number of sulfonamides is 1. The van der Waals surface area contributed by atoms with Crippen molar-refractivity contribution in [2.75, 3.05) is 68.0 Å². The summed E-state index contributed by atoms with van der Waals surface area (Å²) in [4.78, 5) is 32.6. The van der Waals surface area contributed by atoms with Gasteiger partial charge in [-0.05, 0) is 121 Å². The zero-order valence-corrected chi connectivity index (χ0v) is 27.6. The van der Waals surface area contributed by atoms with Crippen molar-refractivity contribution in [2.45, 2.75) is 82.2 Å². The van der Waals surface area contributed by atoms with Gasteiger partial charge in [0, 0.05) is 26.2 Å². The highest BCUT2D eigenvalue weighted by molar-refractivity contribution is 7.89. The van der Waals surface area contributed by atoms with E-state index in [0.717, 1.165) is 49.1 Å². The number of nitrogens with one attached hydrogen (secondary N) is 1. The Bertz CT molecular complexity index is 1170. The summed E-state index contributed by atoms with van der Waals surface area (Å²) in [6.07, 6.45) is 8.45. The molecular weight excluding hydrogens is 554 g/mol. The summed E-state index contributed by atoms with van der Waals surface area (Å²) in [5.74, 6) is 0.738. The van der Waals surface area contributed by atoms with Gasteiger partial charge in [0.2, 0.25) is 21.8 Å². The minimum atomic E-state index is -3.92. The van der Waals surface area contributed by atoms with Crippen molar-refractivity contribution in [3.05, 3.63) is 23.3 Å². The lowest BCUT2D eigenvalue weighted by Crippen LogP contribution is -2.50. The second kappa shape index (κ2) is 15.5. The van der Waals surface area contributed by atoms with Gasteiger partial charge < -0.3 is 24.8 Å². The van der Waals surface area contributed by atoms with Gasteiger partial charge in [-0.1, -0.05) is 6.92 Å². The quantitative estimate of drug-likeness (QED) is 0.368. The van der Waals surface area contributed by atoms with Crippen LogP contribution >= 0.6 is 0 Å². The average Bonchev–Trinajstić information content (AvgIpc) is 2.97. The van der Waals surface area contributed by atoms with Gasteiger partial charge in [0.05, 0.1) is 25.1 Å². The number of ether oxygens (including phenoxy) is 1. The first-order valence-corrected chi connectivity index (χ1v) is 16.9. The number of piperidine rings is 1. The van der Waals surface area contributed by atoms with Crippen LogP contribution in [0, 0.1) is 12.8 Å². The van der Waals surface area contributed by atoms with E-state index < -0.39 is 15.9 Å². The fourth-order valence-corrected chi connectivity index (χ4v) is 8.03. The highest BCUT2D eigenvalue weighted by Gasteiger charge is 2.33. The number of likely N-dealkylation sites (tertiary alicyclic amines) is 1. The summed E-state index contributed by atoms with van der Waals surface area (Å²) < 4.78 is 33.1. The van der Waals surface area contributed by atoms with Crippen LogP contribution in [0.4, 0.5) is 0 Å². The summed E-state index contributed by atoms with van der Waals surface area (Å²) >= 11 is 0. The molecule has 2 aliphatic rings. The minimum Gasteiger partial charge on any atom is -0.497 e. The standard InChI is InChI=1S/C31H53N5O5S/c1-8-25-19-28(41-7)18-23(2)31(25)42(39,40)34(5)22-29(37)32-21-30(38)35(6)26-10-9-11-27(20-26)36-16-13-24(14-17-36)12-15-33(3)4/h18-19,24,26-27H,8-17,20-22H2,1-7H3,(H,32,37). The van der Waals surface area contributed by atoms with Crippen LogP contribution in [0.2, 0.25) is 0 Å². The van der Waals surface area contributed by atoms with Gasteiger partial charge in [-0.15, -0.1) is 0 Å². The normalized spacial score (nSPS) is 20.6. The number of carbonyl (C=O) groups is 2. The second-order valence-corrected chi connectivity index (χ2v) is 14.4. The first kappa shape index (κ1) is 34.3. The lowest BCUT2D eigenvalue weighted by molar-refractivity contribution is -0.134. The Morgan fingerprint density at radius 2 is 1.76 bits per heavy atom. The van der Waals surface area contributed by atoms with E-state index in [9.17, 15) is 18.0 Å². The Balaban J connectivity index is 1.49. The van der Waals surface area contributed by atoms with E-state index in [1.165, 1.54) is 32.7 Å². The third kappa shape index (κ3) is 8.90. The Morgan fingerprint density at radius 3 is 2.38 bits per heavy atom. The predicted octanol–water partition coefficient (Wildman–Crippen LogP) is 2.74. The smallest absolute Gasteiger partial charge is 0.243 e. The number of hydrogen-bond donors (Lipinski definition) is 1. The molecule has 10 nitrogen and oxygen atoms in total. The van der Waals surface area contributed by atoms with Gasteiger partial charge in [0.1, 0.15) is 5.75 Å². The molecule has 11 heteroatoms. The molecule has 1 aliphatic heterocycles. The Kier molecular flexibility index (Phi) is 12.6. The maximum Gasteiger partial charge on any atom is 0.243 e. The highest BCUT2D eigenvalue weighted by Crippen LogP contribution is 2.31. The van der Waals surface area contributed by atoms with E-state index in [1.54, 1.807) is 31.1 Å². The summed E-state index contributed by atoms with van der Waals surface area (Å²) in [5, 5.41) is 2.65. The third-order valence-electron chi connectivity index (χ3n) is 9.12. The largest absolute Gasteiger partial charge is 0.497 e. The molecule has 1 saturated heterocycles. The molecule has 1 saturated carbocycles. The number of carbonyl (C=O) groups excluding carboxylic acids is 2. The van der Waals surface area contributed by atoms with E-state index in [-0.39, 0.29) is 29.9 Å². The van der Waals surface area contributed by atoms with Crippen LogP contribution in [0.1, 0.15) is 63.0 Å². The Hall–Kier alpha value is -2.21. The first-order chi connectivity index (χ1) is 19.9. The third-order valence-corrected chi connectivity index (χ3v) is 11.2. The van der Waals surface area contributed by atoms with Gasteiger partial charge in [0.15, 0.2) is 0 Å². The maximum absolute atomic E-state index is 13.4. The molecule has 0 spiro atoms. The molecule has 2 atom stereocenters. The van der Waals surface area contributed by atoms with Crippen LogP contribution in [0.5, 0.6) is 5.75 Å². The molecule has 0 aromatic heterocycles. The topological polar surface area (TPSA) is 102 Å². The number of aryl methyl sites for hydroxylation is 2. The summed E-state index contributed by atoms with van der Waals surface area (Å²) in [6, 6.07) is 4.04. The summed E-state index contributed by atoms with van der Waals surface area (Å²) in [7, 11) is 5.11. The number of hydrogen-bond acceptors (Lipinski definition) is 7. The Morgan fingerprint density at radius 1 is 1.07 bits per heavy atom. The van der Waals surface area contributed by atoms with Crippen molar-refractivity contribution in [1.82, 2.24) is 24.3 Å². The summed E-state index contributed by atoms with van der Waals surface area (Å²) in [5.41, 5.74) is 1.20. The number of nitrogens with zero attached hydrogens (tertiary/aromatic N) is 4. The number of benzene rings is 1. The van der Waals surface area contributed by atoms with Crippen LogP contribution in [-0.4, -0.2) is 119 Å². The molecule has 1 aromatic rings. The molecule has 0 bridgehead atoms. The van der Waals surface area contributed by atoms with Crippen molar-refractivity contribution in [3.8, 4) is 5.75 Å². The molecule has 3 rings (SSSR count). The lowest BCUT2D eigenvalue weighted by Gasteiger charge is -2.43. The number of rotatable bonds is 13. The molecule has 42 heavy (non-hydrogen) atoms. The fraction of sp³-hybridized carbons (Fsp3) is 0.742. The average molecular weight is 608 g/mol. The molecular formula is C31H53N5O5S. The first-order valence-electron chi connectivity index (χ1n) is 15.4. The van der Waals surface area contributed by atoms with E-state index >= 15 is 0 Å². The van der Waals surface area contributed by atoms with Crippen molar-refractivity contribution in [3.63, 3.8) is 0 Å². The zero-order chi connectivity index (χ0) is 31.0.